The van der Waals surface area contributed by atoms with Gasteiger partial charge >= 0.3 is 11.2 Å². The van der Waals surface area contributed by atoms with Gasteiger partial charge in [0.2, 0.25) is 0 Å². The summed E-state index contributed by atoms with van der Waals surface area (Å²) in [4.78, 5) is 29.7. The number of fused-ring (bicyclic) bond motifs is 3. The van der Waals surface area contributed by atoms with E-state index in [1.165, 1.54) is 6.29 Å². The summed E-state index contributed by atoms with van der Waals surface area (Å²) in [5.74, 6) is 0.639. The van der Waals surface area contributed by atoms with Gasteiger partial charge in [-0.3, -0.25) is 4.79 Å². The minimum atomic E-state index is -1.16. The maximum Gasteiger partial charge on any atom is 0.353 e. The Labute approximate surface area is 288 Å². The number of aldehydes is 1. The molecule has 2 heterocycles. The van der Waals surface area contributed by atoms with Crippen LogP contribution in [0.5, 0.6) is 0 Å². The molecule has 4 bridgehead atoms. The Hall–Kier alpha value is -3.07. The predicted octanol–water partition coefficient (Wildman–Crippen LogP) is 7.38. The highest BCUT2D eigenvalue weighted by Gasteiger charge is 2.84. The van der Waals surface area contributed by atoms with Crippen LogP contribution in [-0.2, 0) is 33.3 Å². The standard InChI is InChI=1S/C40H46O7S/c1-23(2)31-17-28-19-38(21-41)30-16-15-24(3)29(30)20-39(28,22-43-33-18-32-34(25(4)44-33)47-37(48)45-32)40(31,38)36(42)46-35(26-11-7-5-8-12-26)27-13-9-6-10-14-27/h5-14,17,21,23-25,28-30,32-35H,15-16,18-20,22H2,1-4H3/t24?,25-,28?,29?,30?,32+,33-,34-,38?,39?,40?/m1/s1. The SMILES string of the molecule is CC(C)C1=CC2CC3(C=O)C4CCC(C)C4CC2(CO[C@H]2C[C@@H]4OC(=S)O[C@@H]4[C@@H](C)O2)C13C(=O)OC(c1ccccc1)c1ccccc1. The average Bonchev–Trinajstić information content (AvgIpc) is 3.79. The maximum absolute atomic E-state index is 15.7. The molecular formula is C40H46O7S. The van der Waals surface area contributed by atoms with Gasteiger partial charge in [0.1, 0.15) is 17.8 Å². The van der Waals surface area contributed by atoms with E-state index in [4.69, 9.17) is 35.9 Å². The lowest BCUT2D eigenvalue weighted by Gasteiger charge is -2.59. The number of allylic oxidation sites excluding steroid dienone is 1. The third-order valence-corrected chi connectivity index (χ3v) is 13.4. The van der Waals surface area contributed by atoms with Crippen molar-refractivity contribution in [3.05, 3.63) is 83.4 Å². The van der Waals surface area contributed by atoms with Crippen LogP contribution in [0.3, 0.4) is 0 Å². The normalized spacial score (nSPS) is 40.6. The fraction of sp³-hybridized carbons (Fsp3) is 0.575. The topological polar surface area (TPSA) is 80.3 Å². The van der Waals surface area contributed by atoms with Crippen LogP contribution in [0.4, 0.5) is 0 Å². The van der Waals surface area contributed by atoms with Gasteiger partial charge in [-0.15, -0.1) is 0 Å². The van der Waals surface area contributed by atoms with Crippen molar-refractivity contribution in [2.75, 3.05) is 6.61 Å². The molecule has 2 aromatic rings. The first kappa shape index (κ1) is 32.2. The number of hydrogen-bond donors (Lipinski definition) is 0. The van der Waals surface area contributed by atoms with Crippen molar-refractivity contribution < 1.29 is 33.3 Å². The quantitative estimate of drug-likeness (QED) is 0.118. The molecule has 0 spiro atoms. The number of carbonyl (C=O) groups is 2. The molecule has 254 valence electrons. The lowest BCUT2D eigenvalue weighted by molar-refractivity contribution is -0.249. The highest BCUT2D eigenvalue weighted by atomic mass is 32.1. The smallest absolute Gasteiger partial charge is 0.353 e. The second-order valence-electron chi connectivity index (χ2n) is 15.6. The number of rotatable bonds is 9. The zero-order valence-electron chi connectivity index (χ0n) is 28.2. The Morgan fingerprint density at radius 1 is 1.00 bits per heavy atom. The van der Waals surface area contributed by atoms with Crippen LogP contribution in [0.15, 0.2) is 72.3 Å². The molecule has 6 aliphatic rings. The monoisotopic (exact) mass is 670 g/mol. The van der Waals surface area contributed by atoms with Crippen LogP contribution in [0.2, 0.25) is 0 Å². The van der Waals surface area contributed by atoms with Gasteiger partial charge in [-0.1, -0.05) is 99.5 Å². The van der Waals surface area contributed by atoms with Gasteiger partial charge in [-0.05, 0) is 66.9 Å². The first-order valence-electron chi connectivity index (χ1n) is 17.8. The maximum atomic E-state index is 15.7. The third-order valence-electron chi connectivity index (χ3n) is 13.2. The van der Waals surface area contributed by atoms with Gasteiger partial charge < -0.3 is 28.5 Å². The van der Waals surface area contributed by atoms with Crippen LogP contribution >= 0.6 is 12.2 Å². The molecule has 7 unspecified atom stereocenters. The summed E-state index contributed by atoms with van der Waals surface area (Å²) >= 11 is 5.21. The van der Waals surface area contributed by atoms with Crippen LogP contribution < -0.4 is 0 Å². The summed E-state index contributed by atoms with van der Waals surface area (Å²) in [6, 6.07) is 19.9. The van der Waals surface area contributed by atoms with Crippen LogP contribution in [0, 0.1) is 45.8 Å². The Kier molecular flexibility index (Phi) is 7.89. The minimum Gasteiger partial charge on any atom is -0.452 e. The summed E-state index contributed by atoms with van der Waals surface area (Å²) in [6.07, 6.45) is 5.47. The Bertz CT molecular complexity index is 1570. The van der Waals surface area contributed by atoms with Crippen molar-refractivity contribution in [1.82, 2.24) is 0 Å². The first-order chi connectivity index (χ1) is 23.1. The third kappa shape index (κ3) is 4.40. The summed E-state index contributed by atoms with van der Waals surface area (Å²) in [5.41, 5.74) is 0.135. The number of benzene rings is 2. The second-order valence-corrected chi connectivity index (χ2v) is 15.9. The van der Waals surface area contributed by atoms with Gasteiger partial charge in [0.25, 0.3) is 0 Å². The average molecular weight is 671 g/mol. The minimum absolute atomic E-state index is 0.00440. The molecule has 4 aliphatic carbocycles. The van der Waals surface area contributed by atoms with E-state index in [1.54, 1.807) is 0 Å². The molecule has 7 nitrogen and oxygen atoms in total. The molecule has 11 atom stereocenters. The predicted molar refractivity (Wildman–Crippen MR) is 182 cm³/mol. The lowest BCUT2D eigenvalue weighted by Crippen LogP contribution is -2.64. The van der Waals surface area contributed by atoms with E-state index in [0.29, 0.717) is 24.7 Å². The molecule has 0 aromatic heterocycles. The second kappa shape index (κ2) is 11.8. The molecule has 0 N–H and O–H groups in total. The fourth-order valence-electron chi connectivity index (χ4n) is 11.3. The van der Waals surface area contributed by atoms with Crippen molar-refractivity contribution >= 4 is 29.7 Å². The lowest BCUT2D eigenvalue weighted by atomic mass is 9.43. The molecule has 8 rings (SSSR count). The summed E-state index contributed by atoms with van der Waals surface area (Å²) in [5, 5.41) is 0.150. The number of thiocarbonyl (C=S) groups is 1. The van der Waals surface area contributed by atoms with E-state index < -0.39 is 28.6 Å². The molecule has 48 heavy (non-hydrogen) atoms. The molecule has 2 aromatic carbocycles. The molecule has 0 radical (unpaired) electrons. The molecule has 2 saturated heterocycles. The largest absolute Gasteiger partial charge is 0.452 e. The van der Waals surface area contributed by atoms with Crippen molar-refractivity contribution in [1.29, 1.82) is 0 Å². The van der Waals surface area contributed by atoms with Crippen molar-refractivity contribution in [2.24, 2.45) is 45.8 Å². The summed E-state index contributed by atoms with van der Waals surface area (Å²) < 4.78 is 31.6. The van der Waals surface area contributed by atoms with Gasteiger partial charge in [-0.2, -0.15) is 0 Å². The number of esters is 1. The zero-order chi connectivity index (χ0) is 33.4. The molecule has 8 heteroatoms. The van der Waals surface area contributed by atoms with Gasteiger partial charge in [-0.25, -0.2) is 0 Å². The van der Waals surface area contributed by atoms with E-state index >= 15 is 4.79 Å². The molecule has 5 fully saturated rings. The van der Waals surface area contributed by atoms with Gasteiger partial charge in [0, 0.05) is 24.1 Å². The fourth-order valence-corrected chi connectivity index (χ4v) is 11.5. The van der Waals surface area contributed by atoms with E-state index in [1.807, 2.05) is 67.6 Å². The van der Waals surface area contributed by atoms with Crippen molar-refractivity contribution in [2.45, 2.75) is 90.5 Å². The molecule has 0 amide bonds. The highest BCUT2D eigenvalue weighted by molar-refractivity contribution is 7.79. The number of carbonyl (C=O) groups excluding carboxylic acids is 2. The van der Waals surface area contributed by atoms with Crippen LogP contribution in [0.25, 0.3) is 0 Å². The Balaban J connectivity index is 1.23. The van der Waals surface area contributed by atoms with E-state index in [9.17, 15) is 4.79 Å². The zero-order valence-corrected chi connectivity index (χ0v) is 29.0. The highest BCUT2D eigenvalue weighted by Crippen LogP contribution is 2.83. The van der Waals surface area contributed by atoms with E-state index in [2.05, 4.69) is 26.8 Å². The summed E-state index contributed by atoms with van der Waals surface area (Å²) in [7, 11) is 0. The molecule has 2 aliphatic heterocycles. The van der Waals surface area contributed by atoms with Crippen molar-refractivity contribution in [3.63, 3.8) is 0 Å². The summed E-state index contributed by atoms with van der Waals surface area (Å²) in [6.45, 7) is 8.86. The van der Waals surface area contributed by atoms with E-state index in [0.717, 1.165) is 36.0 Å². The van der Waals surface area contributed by atoms with Crippen molar-refractivity contribution in [3.8, 4) is 0 Å². The van der Waals surface area contributed by atoms with Gasteiger partial charge in [0.15, 0.2) is 18.5 Å². The number of ether oxygens (including phenoxy) is 5. The van der Waals surface area contributed by atoms with Gasteiger partial charge in [0.05, 0.1) is 18.1 Å². The van der Waals surface area contributed by atoms with Crippen LogP contribution in [-0.4, -0.2) is 48.7 Å². The van der Waals surface area contributed by atoms with E-state index in [-0.39, 0.29) is 53.9 Å². The van der Waals surface area contributed by atoms with Crippen LogP contribution in [0.1, 0.15) is 77.0 Å². The number of hydrogen-bond acceptors (Lipinski definition) is 8. The molecule has 3 saturated carbocycles. The Morgan fingerprint density at radius 2 is 1.69 bits per heavy atom. The Morgan fingerprint density at radius 3 is 2.33 bits per heavy atom. The molecular weight excluding hydrogens is 624 g/mol. The first-order valence-corrected chi connectivity index (χ1v) is 18.2.